The molecule has 5 nitrogen and oxygen atoms in total. The smallest absolute Gasteiger partial charge is 0.264 e. The molecule has 31 heavy (non-hydrogen) atoms. The zero-order valence-corrected chi connectivity index (χ0v) is 18.3. The summed E-state index contributed by atoms with van der Waals surface area (Å²) in [6.45, 7) is 3.51. The van der Waals surface area contributed by atoms with Gasteiger partial charge in [-0.2, -0.15) is 0 Å². The number of amides is 1. The number of hydrogen-bond donors (Lipinski definition) is 1. The maximum atomic E-state index is 13.4. The fourth-order valence-electron chi connectivity index (χ4n) is 3.23. The summed E-state index contributed by atoms with van der Waals surface area (Å²) in [4.78, 5) is 12.9. The van der Waals surface area contributed by atoms with Gasteiger partial charge in [0.15, 0.2) is 0 Å². The third-order valence-electron chi connectivity index (χ3n) is 4.96. The molecule has 1 atom stereocenters. The first-order valence-electron chi connectivity index (χ1n) is 10.0. The van der Waals surface area contributed by atoms with Gasteiger partial charge in [0.2, 0.25) is 5.91 Å². The van der Waals surface area contributed by atoms with Crippen molar-refractivity contribution in [2.24, 2.45) is 0 Å². The minimum Gasteiger partial charge on any atom is -0.348 e. The van der Waals surface area contributed by atoms with Crippen molar-refractivity contribution >= 4 is 21.6 Å². The van der Waals surface area contributed by atoms with Gasteiger partial charge in [0.05, 0.1) is 16.6 Å². The van der Waals surface area contributed by atoms with E-state index in [-0.39, 0.29) is 16.6 Å². The Morgan fingerprint density at radius 1 is 0.968 bits per heavy atom. The van der Waals surface area contributed by atoms with E-state index >= 15 is 0 Å². The van der Waals surface area contributed by atoms with Crippen molar-refractivity contribution < 1.29 is 17.6 Å². The number of sulfonamides is 1. The van der Waals surface area contributed by atoms with Gasteiger partial charge in [0.1, 0.15) is 12.4 Å². The fourth-order valence-corrected chi connectivity index (χ4v) is 4.67. The van der Waals surface area contributed by atoms with Crippen LogP contribution in [-0.2, 0) is 14.8 Å². The third-order valence-corrected chi connectivity index (χ3v) is 6.74. The molecule has 0 saturated heterocycles. The second-order valence-corrected chi connectivity index (χ2v) is 9.10. The largest absolute Gasteiger partial charge is 0.348 e. The standard InChI is InChI=1S/C24H25FN2O3S/c1-3-23(19-11-9-18(2)10-12-19)26-24(28)17-27(21-15-13-20(25)14-16-21)31(29,30)22-7-5-4-6-8-22/h4-16,23H,3,17H2,1-2H3,(H,26,28)/t23-/m1/s1. The van der Waals surface area contributed by atoms with Crippen LogP contribution in [0.1, 0.15) is 30.5 Å². The van der Waals surface area contributed by atoms with Crippen LogP contribution in [0.25, 0.3) is 0 Å². The lowest BCUT2D eigenvalue weighted by atomic mass is 10.0. The number of nitrogens with zero attached hydrogens (tertiary/aromatic N) is 1. The van der Waals surface area contributed by atoms with Crippen LogP contribution in [-0.4, -0.2) is 20.9 Å². The molecule has 1 amide bonds. The lowest BCUT2D eigenvalue weighted by Crippen LogP contribution is -2.42. The Labute approximate surface area is 182 Å². The molecule has 0 aliphatic heterocycles. The Bertz CT molecular complexity index is 1120. The number of benzene rings is 3. The molecule has 0 unspecified atom stereocenters. The van der Waals surface area contributed by atoms with E-state index in [1.165, 1.54) is 36.4 Å². The Hall–Kier alpha value is -3.19. The topological polar surface area (TPSA) is 66.5 Å². The van der Waals surface area contributed by atoms with Crippen LogP contribution in [0, 0.1) is 12.7 Å². The van der Waals surface area contributed by atoms with E-state index in [2.05, 4.69) is 5.32 Å². The number of hydrogen-bond acceptors (Lipinski definition) is 3. The Morgan fingerprint density at radius 2 is 1.58 bits per heavy atom. The van der Waals surface area contributed by atoms with Crippen molar-refractivity contribution in [3.05, 3.63) is 95.8 Å². The average Bonchev–Trinajstić information content (AvgIpc) is 2.78. The van der Waals surface area contributed by atoms with Gasteiger partial charge < -0.3 is 5.32 Å². The van der Waals surface area contributed by atoms with Crippen molar-refractivity contribution in [1.29, 1.82) is 0 Å². The molecule has 0 aromatic heterocycles. The first-order valence-corrected chi connectivity index (χ1v) is 11.4. The maximum Gasteiger partial charge on any atom is 0.264 e. The summed E-state index contributed by atoms with van der Waals surface area (Å²) in [7, 11) is -4.02. The second kappa shape index (κ2) is 9.75. The van der Waals surface area contributed by atoms with Crippen LogP contribution in [0.5, 0.6) is 0 Å². The summed E-state index contributed by atoms with van der Waals surface area (Å²) in [5, 5.41) is 2.92. The molecule has 0 bridgehead atoms. The van der Waals surface area contributed by atoms with E-state index in [1.807, 2.05) is 38.1 Å². The lowest BCUT2D eigenvalue weighted by molar-refractivity contribution is -0.120. The zero-order valence-electron chi connectivity index (χ0n) is 17.5. The molecule has 7 heteroatoms. The van der Waals surface area contributed by atoms with Crippen LogP contribution >= 0.6 is 0 Å². The number of anilines is 1. The molecule has 0 fully saturated rings. The number of halogens is 1. The third kappa shape index (κ3) is 5.49. The van der Waals surface area contributed by atoms with Crippen LogP contribution in [0.4, 0.5) is 10.1 Å². The molecule has 1 N–H and O–H groups in total. The first kappa shape index (κ1) is 22.5. The van der Waals surface area contributed by atoms with E-state index in [1.54, 1.807) is 18.2 Å². The first-order chi connectivity index (χ1) is 14.8. The summed E-state index contributed by atoms with van der Waals surface area (Å²) in [6, 6.07) is 20.5. The molecule has 3 rings (SSSR count). The molecule has 0 radical (unpaired) electrons. The number of carbonyl (C=O) groups is 1. The highest BCUT2D eigenvalue weighted by molar-refractivity contribution is 7.92. The molecule has 0 heterocycles. The predicted octanol–water partition coefficient (Wildman–Crippen LogP) is 4.60. The Morgan fingerprint density at radius 3 is 2.16 bits per heavy atom. The fraction of sp³-hybridized carbons (Fsp3) is 0.208. The van der Waals surface area contributed by atoms with Crippen molar-refractivity contribution in [2.75, 3.05) is 10.8 Å². The van der Waals surface area contributed by atoms with Gasteiger partial charge in [0, 0.05) is 0 Å². The van der Waals surface area contributed by atoms with Gasteiger partial charge in [-0.05, 0) is 55.3 Å². The minimum absolute atomic E-state index is 0.0534. The quantitative estimate of drug-likeness (QED) is 0.557. The summed E-state index contributed by atoms with van der Waals surface area (Å²) >= 11 is 0. The van der Waals surface area contributed by atoms with Crippen molar-refractivity contribution in [3.8, 4) is 0 Å². The predicted molar refractivity (Wildman–Crippen MR) is 120 cm³/mol. The highest BCUT2D eigenvalue weighted by atomic mass is 32.2. The molecule has 0 aliphatic rings. The zero-order chi connectivity index (χ0) is 22.4. The number of rotatable bonds is 8. The number of carbonyl (C=O) groups excluding carboxylic acids is 1. The van der Waals surface area contributed by atoms with E-state index in [0.29, 0.717) is 6.42 Å². The molecule has 0 aliphatic carbocycles. The van der Waals surface area contributed by atoms with E-state index in [4.69, 9.17) is 0 Å². The molecule has 3 aromatic carbocycles. The lowest BCUT2D eigenvalue weighted by Gasteiger charge is -2.25. The molecule has 0 saturated carbocycles. The van der Waals surface area contributed by atoms with Crippen LogP contribution in [0.15, 0.2) is 83.8 Å². The Kier molecular flexibility index (Phi) is 7.07. The van der Waals surface area contributed by atoms with Crippen LogP contribution in [0.2, 0.25) is 0 Å². The van der Waals surface area contributed by atoms with Gasteiger partial charge in [-0.3, -0.25) is 9.10 Å². The number of nitrogens with one attached hydrogen (secondary N) is 1. The van der Waals surface area contributed by atoms with Crippen molar-refractivity contribution in [1.82, 2.24) is 5.32 Å². The van der Waals surface area contributed by atoms with Gasteiger partial charge in [-0.1, -0.05) is 55.0 Å². The van der Waals surface area contributed by atoms with E-state index < -0.39 is 28.3 Å². The van der Waals surface area contributed by atoms with Crippen molar-refractivity contribution in [3.63, 3.8) is 0 Å². The SMILES string of the molecule is CC[C@@H](NC(=O)CN(c1ccc(F)cc1)S(=O)(=O)c1ccccc1)c1ccc(C)cc1. The maximum absolute atomic E-state index is 13.4. The molecule has 3 aromatic rings. The Balaban J connectivity index is 1.88. The molecular formula is C24H25FN2O3S. The van der Waals surface area contributed by atoms with Gasteiger partial charge in [-0.15, -0.1) is 0 Å². The van der Waals surface area contributed by atoms with Gasteiger partial charge in [-0.25, -0.2) is 12.8 Å². The average molecular weight is 441 g/mol. The van der Waals surface area contributed by atoms with E-state index in [0.717, 1.165) is 15.4 Å². The molecule has 0 spiro atoms. The normalized spacial score (nSPS) is 12.2. The molecular weight excluding hydrogens is 415 g/mol. The van der Waals surface area contributed by atoms with Crippen molar-refractivity contribution in [2.45, 2.75) is 31.2 Å². The molecule has 162 valence electrons. The van der Waals surface area contributed by atoms with E-state index in [9.17, 15) is 17.6 Å². The number of aryl methyl sites for hydroxylation is 1. The van der Waals surface area contributed by atoms with Crippen LogP contribution in [0.3, 0.4) is 0 Å². The van der Waals surface area contributed by atoms with Gasteiger partial charge >= 0.3 is 0 Å². The summed E-state index contributed by atoms with van der Waals surface area (Å²) < 4.78 is 41.0. The van der Waals surface area contributed by atoms with Crippen LogP contribution < -0.4 is 9.62 Å². The highest BCUT2D eigenvalue weighted by Gasteiger charge is 2.28. The van der Waals surface area contributed by atoms with Gasteiger partial charge in [0.25, 0.3) is 10.0 Å². The summed E-state index contributed by atoms with van der Waals surface area (Å²) in [5.41, 5.74) is 2.27. The summed E-state index contributed by atoms with van der Waals surface area (Å²) in [6.07, 6.45) is 0.650. The highest BCUT2D eigenvalue weighted by Crippen LogP contribution is 2.24. The minimum atomic E-state index is -4.02. The summed E-state index contributed by atoms with van der Waals surface area (Å²) in [5.74, 6) is -0.938. The monoisotopic (exact) mass is 440 g/mol. The second-order valence-electron chi connectivity index (χ2n) is 7.24.